The van der Waals surface area contributed by atoms with E-state index in [0.29, 0.717) is 0 Å². The molecular weight excluding hydrogens is 124 g/mol. The van der Waals surface area contributed by atoms with Crippen LogP contribution in [-0.2, 0) is 0 Å². The first-order valence-electron chi connectivity index (χ1n) is 4.10. The Hall–Kier alpha value is -0.0800. The van der Waals surface area contributed by atoms with Gasteiger partial charge in [0.15, 0.2) is 0 Å². The molecule has 60 valence electrons. The van der Waals surface area contributed by atoms with Crippen molar-refractivity contribution in [3.63, 3.8) is 0 Å². The molecule has 1 aliphatic rings. The molecule has 0 radical (unpaired) electrons. The lowest BCUT2D eigenvalue weighted by atomic mass is 10.0. The van der Waals surface area contributed by atoms with E-state index in [-0.39, 0.29) is 0 Å². The average molecular weight is 142 g/mol. The molecule has 2 atom stereocenters. The molecule has 0 aromatic carbocycles. The Morgan fingerprint density at radius 2 is 2.00 bits per heavy atom. The third-order valence-electron chi connectivity index (χ3n) is 2.37. The zero-order valence-electron chi connectivity index (χ0n) is 7.22. The second-order valence-corrected chi connectivity index (χ2v) is 3.50. The van der Waals surface area contributed by atoms with Gasteiger partial charge in [-0.2, -0.15) is 0 Å². The smallest absolute Gasteiger partial charge is 0.0215 e. The van der Waals surface area contributed by atoms with Crippen LogP contribution in [0.15, 0.2) is 0 Å². The van der Waals surface area contributed by atoms with Gasteiger partial charge in [0.05, 0.1) is 0 Å². The van der Waals surface area contributed by atoms with Crippen molar-refractivity contribution in [1.29, 1.82) is 0 Å². The van der Waals surface area contributed by atoms with E-state index in [1.807, 2.05) is 0 Å². The van der Waals surface area contributed by atoms with E-state index in [4.69, 9.17) is 0 Å². The first-order valence-corrected chi connectivity index (χ1v) is 4.10. The highest BCUT2D eigenvalue weighted by atomic mass is 15.1. The summed E-state index contributed by atoms with van der Waals surface area (Å²) in [7, 11) is 4.31. The predicted octanol–water partition coefficient (Wildman–Crippen LogP) is 0.688. The molecule has 1 saturated heterocycles. The summed E-state index contributed by atoms with van der Waals surface area (Å²) in [5, 5.41) is 3.47. The quantitative estimate of drug-likeness (QED) is 0.579. The topological polar surface area (TPSA) is 15.3 Å². The number of rotatable bonds is 1. The van der Waals surface area contributed by atoms with Gasteiger partial charge in [-0.3, -0.25) is 0 Å². The highest BCUT2D eigenvalue weighted by molar-refractivity contribution is 4.78. The van der Waals surface area contributed by atoms with Crippen molar-refractivity contribution in [3.05, 3.63) is 0 Å². The molecule has 1 aliphatic heterocycles. The predicted molar refractivity (Wildman–Crippen MR) is 44.2 cm³/mol. The Morgan fingerprint density at radius 1 is 1.30 bits per heavy atom. The van der Waals surface area contributed by atoms with E-state index in [1.54, 1.807) is 0 Å². The van der Waals surface area contributed by atoms with Crippen molar-refractivity contribution < 1.29 is 0 Å². The van der Waals surface area contributed by atoms with Gasteiger partial charge in [-0.1, -0.05) is 0 Å². The first-order chi connectivity index (χ1) is 4.70. The molecule has 2 nitrogen and oxygen atoms in total. The Labute approximate surface area is 63.6 Å². The highest BCUT2D eigenvalue weighted by Crippen LogP contribution is 2.10. The second-order valence-electron chi connectivity index (χ2n) is 3.50. The lowest BCUT2D eigenvalue weighted by molar-refractivity contribution is 0.221. The van der Waals surface area contributed by atoms with Gasteiger partial charge >= 0.3 is 0 Å². The van der Waals surface area contributed by atoms with Crippen LogP contribution in [0.2, 0.25) is 0 Å². The van der Waals surface area contributed by atoms with E-state index in [2.05, 4.69) is 31.2 Å². The van der Waals surface area contributed by atoms with Crippen LogP contribution in [0, 0.1) is 0 Å². The van der Waals surface area contributed by atoms with Crippen LogP contribution in [0.5, 0.6) is 0 Å². The standard InChI is InChI=1S/C8H18N2/c1-7-4-5-8(6-9-7)10(2)3/h7-9H,4-6H2,1-3H3. The third-order valence-corrected chi connectivity index (χ3v) is 2.37. The molecule has 10 heavy (non-hydrogen) atoms. The number of hydrogen-bond acceptors (Lipinski definition) is 2. The summed E-state index contributed by atoms with van der Waals surface area (Å²) in [6.45, 7) is 3.42. The SMILES string of the molecule is CC1CCC(N(C)C)CN1. The summed E-state index contributed by atoms with van der Waals surface area (Å²) >= 11 is 0. The number of hydrogen-bond donors (Lipinski definition) is 1. The summed E-state index contributed by atoms with van der Waals surface area (Å²) in [5.41, 5.74) is 0. The molecule has 1 rings (SSSR count). The second kappa shape index (κ2) is 3.35. The number of piperidine rings is 1. The Morgan fingerprint density at radius 3 is 2.40 bits per heavy atom. The maximum absolute atomic E-state index is 3.47. The van der Waals surface area contributed by atoms with Crippen LogP contribution in [0.3, 0.4) is 0 Å². The van der Waals surface area contributed by atoms with Gasteiger partial charge in [0.25, 0.3) is 0 Å². The largest absolute Gasteiger partial charge is 0.313 e. The fourth-order valence-corrected chi connectivity index (χ4v) is 1.42. The molecule has 0 saturated carbocycles. The van der Waals surface area contributed by atoms with Gasteiger partial charge in [-0.05, 0) is 33.9 Å². The number of nitrogens with zero attached hydrogens (tertiary/aromatic N) is 1. The minimum atomic E-state index is 0.733. The van der Waals surface area contributed by atoms with Crippen molar-refractivity contribution in [3.8, 4) is 0 Å². The molecule has 0 aromatic heterocycles. The van der Waals surface area contributed by atoms with E-state index in [0.717, 1.165) is 18.6 Å². The van der Waals surface area contributed by atoms with Gasteiger partial charge < -0.3 is 10.2 Å². The maximum atomic E-state index is 3.47. The maximum Gasteiger partial charge on any atom is 0.0215 e. The van der Waals surface area contributed by atoms with E-state index >= 15 is 0 Å². The molecule has 0 amide bonds. The fourth-order valence-electron chi connectivity index (χ4n) is 1.42. The molecule has 0 aliphatic carbocycles. The van der Waals surface area contributed by atoms with Crippen molar-refractivity contribution in [2.24, 2.45) is 0 Å². The molecule has 2 heteroatoms. The summed E-state index contributed by atoms with van der Waals surface area (Å²) < 4.78 is 0. The Kier molecular flexibility index (Phi) is 2.69. The lowest BCUT2D eigenvalue weighted by Gasteiger charge is -2.31. The van der Waals surface area contributed by atoms with Crippen LogP contribution < -0.4 is 5.32 Å². The molecule has 0 bridgehead atoms. The summed E-state index contributed by atoms with van der Waals surface area (Å²) in [4.78, 5) is 2.30. The number of likely N-dealkylation sites (N-methyl/N-ethyl adjacent to an activating group) is 1. The monoisotopic (exact) mass is 142 g/mol. The fraction of sp³-hybridized carbons (Fsp3) is 1.00. The van der Waals surface area contributed by atoms with E-state index < -0.39 is 0 Å². The minimum absolute atomic E-state index is 0.733. The molecule has 1 heterocycles. The molecule has 2 unspecified atom stereocenters. The lowest BCUT2D eigenvalue weighted by Crippen LogP contribution is -2.46. The van der Waals surface area contributed by atoms with Crippen LogP contribution in [0.1, 0.15) is 19.8 Å². The van der Waals surface area contributed by atoms with Gasteiger partial charge in [-0.15, -0.1) is 0 Å². The zero-order valence-corrected chi connectivity index (χ0v) is 7.22. The average Bonchev–Trinajstić information content (AvgIpc) is 1.88. The normalized spacial score (nSPS) is 34.8. The highest BCUT2D eigenvalue weighted by Gasteiger charge is 2.18. The van der Waals surface area contributed by atoms with Gasteiger partial charge in [-0.25, -0.2) is 0 Å². The Bertz CT molecular complexity index is 93.4. The van der Waals surface area contributed by atoms with E-state index in [9.17, 15) is 0 Å². The van der Waals surface area contributed by atoms with Gasteiger partial charge in [0, 0.05) is 18.6 Å². The molecular formula is C8H18N2. The van der Waals surface area contributed by atoms with Crippen LogP contribution >= 0.6 is 0 Å². The summed E-state index contributed by atoms with van der Waals surface area (Å²) in [6, 6.07) is 1.49. The molecule has 0 aromatic rings. The van der Waals surface area contributed by atoms with Gasteiger partial charge in [0.1, 0.15) is 0 Å². The molecule has 1 N–H and O–H groups in total. The van der Waals surface area contributed by atoms with Crippen molar-refractivity contribution in [2.75, 3.05) is 20.6 Å². The summed E-state index contributed by atoms with van der Waals surface area (Å²) in [6.07, 6.45) is 2.67. The van der Waals surface area contributed by atoms with Crippen molar-refractivity contribution in [2.45, 2.75) is 31.8 Å². The van der Waals surface area contributed by atoms with Crippen molar-refractivity contribution in [1.82, 2.24) is 10.2 Å². The van der Waals surface area contributed by atoms with Crippen molar-refractivity contribution >= 4 is 0 Å². The molecule has 1 fully saturated rings. The first kappa shape index (κ1) is 8.02. The summed E-state index contributed by atoms with van der Waals surface area (Å²) in [5.74, 6) is 0. The van der Waals surface area contributed by atoms with E-state index in [1.165, 1.54) is 12.8 Å². The third kappa shape index (κ3) is 1.96. The number of nitrogens with one attached hydrogen (secondary N) is 1. The van der Waals surface area contributed by atoms with Crippen LogP contribution in [-0.4, -0.2) is 37.6 Å². The Balaban J connectivity index is 2.26. The zero-order chi connectivity index (χ0) is 7.56. The molecule has 0 spiro atoms. The van der Waals surface area contributed by atoms with Crippen LogP contribution in [0.25, 0.3) is 0 Å². The van der Waals surface area contributed by atoms with Crippen LogP contribution in [0.4, 0.5) is 0 Å². The minimum Gasteiger partial charge on any atom is -0.313 e. The van der Waals surface area contributed by atoms with Gasteiger partial charge in [0.2, 0.25) is 0 Å².